The van der Waals surface area contributed by atoms with Crippen LogP contribution in [0.3, 0.4) is 0 Å². The van der Waals surface area contributed by atoms with Crippen molar-refractivity contribution in [3.8, 4) is 0 Å². The summed E-state index contributed by atoms with van der Waals surface area (Å²) >= 11 is 0. The van der Waals surface area contributed by atoms with Gasteiger partial charge in [-0.3, -0.25) is 0 Å². The minimum atomic E-state index is -1.10. The van der Waals surface area contributed by atoms with Gasteiger partial charge in [-0.05, 0) is 36.6 Å². The van der Waals surface area contributed by atoms with E-state index < -0.39 is 18.0 Å². The van der Waals surface area contributed by atoms with E-state index >= 15 is 0 Å². The molecule has 0 fully saturated rings. The van der Waals surface area contributed by atoms with Crippen molar-refractivity contribution in [2.45, 2.75) is 26.4 Å². The predicted octanol–water partition coefficient (Wildman–Crippen LogP) is 1.47. The zero-order valence-electron chi connectivity index (χ0n) is 9.11. The summed E-state index contributed by atoms with van der Waals surface area (Å²) in [6, 6.07) is 3.62. The van der Waals surface area contributed by atoms with Crippen molar-refractivity contribution < 1.29 is 19.4 Å². The molecule has 1 aromatic carbocycles. The zero-order valence-corrected chi connectivity index (χ0v) is 9.11. The number of cyclic esters (lactones) is 1. The molecule has 2 rings (SSSR count). The monoisotopic (exact) mass is 220 g/mol. The molecule has 4 heteroatoms. The molecule has 1 unspecified atom stereocenters. The second kappa shape index (κ2) is 3.63. The molecule has 0 saturated carbocycles. The van der Waals surface area contributed by atoms with Crippen molar-refractivity contribution in [2.24, 2.45) is 0 Å². The lowest BCUT2D eigenvalue weighted by Crippen LogP contribution is -2.34. The molecule has 1 aromatic rings. The van der Waals surface area contributed by atoms with Gasteiger partial charge >= 0.3 is 11.9 Å². The van der Waals surface area contributed by atoms with Gasteiger partial charge in [0.2, 0.25) is 6.10 Å². The van der Waals surface area contributed by atoms with Crippen LogP contribution >= 0.6 is 0 Å². The van der Waals surface area contributed by atoms with Gasteiger partial charge in [0, 0.05) is 6.42 Å². The Bertz CT molecular complexity index is 476. The van der Waals surface area contributed by atoms with Crippen LogP contribution in [0.2, 0.25) is 0 Å². The molecule has 1 aliphatic heterocycles. The Labute approximate surface area is 92.8 Å². The number of fused-ring (bicyclic) bond motifs is 1. The fraction of sp³-hybridized carbons (Fsp3) is 0.333. The summed E-state index contributed by atoms with van der Waals surface area (Å²) in [4.78, 5) is 22.4. The maximum Gasteiger partial charge on any atom is 0.345 e. The third-order valence-corrected chi connectivity index (χ3v) is 2.87. The van der Waals surface area contributed by atoms with Gasteiger partial charge in [0.25, 0.3) is 0 Å². The van der Waals surface area contributed by atoms with E-state index in [4.69, 9.17) is 9.84 Å². The maximum atomic E-state index is 11.6. The minimum absolute atomic E-state index is 0.248. The average molecular weight is 220 g/mol. The minimum Gasteiger partial charge on any atom is -0.478 e. The number of carbonyl (C=O) groups is 2. The predicted molar refractivity (Wildman–Crippen MR) is 56.5 cm³/mol. The first-order valence-corrected chi connectivity index (χ1v) is 5.03. The van der Waals surface area contributed by atoms with E-state index in [9.17, 15) is 9.59 Å². The molecule has 0 spiro atoms. The van der Waals surface area contributed by atoms with Gasteiger partial charge in [-0.1, -0.05) is 6.07 Å². The van der Waals surface area contributed by atoms with Gasteiger partial charge in [0.1, 0.15) is 0 Å². The van der Waals surface area contributed by atoms with Crippen LogP contribution in [-0.2, 0) is 16.0 Å². The lowest BCUT2D eigenvalue weighted by Gasteiger charge is -2.22. The summed E-state index contributed by atoms with van der Waals surface area (Å²) in [6.07, 6.45) is -0.806. The second-order valence-corrected chi connectivity index (χ2v) is 4.03. The second-order valence-electron chi connectivity index (χ2n) is 4.03. The quantitative estimate of drug-likeness (QED) is 0.728. The molecule has 1 aliphatic rings. The molecule has 0 aliphatic carbocycles. The van der Waals surface area contributed by atoms with E-state index in [0.29, 0.717) is 5.56 Å². The molecule has 16 heavy (non-hydrogen) atoms. The number of carboxylic acids is 1. The normalized spacial score (nSPS) is 18.9. The fourth-order valence-electron chi connectivity index (χ4n) is 1.81. The molecule has 84 valence electrons. The van der Waals surface area contributed by atoms with E-state index in [0.717, 1.165) is 16.7 Å². The standard InChI is InChI=1S/C12H12O4/c1-6-3-8-5-10(11(13)14)16-12(15)9(8)4-7(6)2/h3-4,10H,5H2,1-2H3,(H,13,14). The number of carboxylic acid groups (broad SMARTS) is 1. The summed E-state index contributed by atoms with van der Waals surface area (Å²) in [7, 11) is 0. The number of hydrogen-bond acceptors (Lipinski definition) is 3. The van der Waals surface area contributed by atoms with Crippen molar-refractivity contribution in [3.05, 3.63) is 34.4 Å². The van der Waals surface area contributed by atoms with Gasteiger partial charge in [0.15, 0.2) is 0 Å². The van der Waals surface area contributed by atoms with Crippen LogP contribution in [0.15, 0.2) is 12.1 Å². The summed E-state index contributed by atoms with van der Waals surface area (Å²) in [6.45, 7) is 3.84. The lowest BCUT2D eigenvalue weighted by atomic mass is 9.94. The number of ether oxygens (including phenoxy) is 1. The highest BCUT2D eigenvalue weighted by molar-refractivity contribution is 5.95. The SMILES string of the molecule is Cc1cc2c(cc1C)C(=O)OC(C(=O)O)C2. The number of rotatable bonds is 1. The van der Waals surface area contributed by atoms with Crippen LogP contribution in [0.5, 0.6) is 0 Å². The molecule has 1 atom stereocenters. The summed E-state index contributed by atoms with van der Waals surface area (Å²) < 4.78 is 4.83. The first-order chi connectivity index (χ1) is 7.49. The van der Waals surface area contributed by atoms with Crippen LogP contribution in [-0.4, -0.2) is 23.1 Å². The van der Waals surface area contributed by atoms with E-state index in [1.165, 1.54) is 0 Å². The Morgan fingerprint density at radius 1 is 1.38 bits per heavy atom. The molecule has 0 amide bonds. The zero-order chi connectivity index (χ0) is 11.9. The van der Waals surface area contributed by atoms with Gasteiger partial charge in [-0.25, -0.2) is 9.59 Å². The van der Waals surface area contributed by atoms with Gasteiger partial charge in [-0.15, -0.1) is 0 Å². The first-order valence-electron chi connectivity index (χ1n) is 5.03. The van der Waals surface area contributed by atoms with Crippen molar-refractivity contribution in [1.29, 1.82) is 0 Å². The molecule has 0 aromatic heterocycles. The highest BCUT2D eigenvalue weighted by Gasteiger charge is 2.31. The third-order valence-electron chi connectivity index (χ3n) is 2.87. The molecule has 0 radical (unpaired) electrons. The molecule has 0 saturated heterocycles. The number of aryl methyl sites for hydroxylation is 2. The molecular formula is C12H12O4. The first kappa shape index (κ1) is 10.7. The van der Waals surface area contributed by atoms with E-state index in [-0.39, 0.29) is 6.42 Å². The highest BCUT2D eigenvalue weighted by atomic mass is 16.6. The molecule has 0 bridgehead atoms. The number of esters is 1. The van der Waals surface area contributed by atoms with E-state index in [1.807, 2.05) is 19.9 Å². The Balaban J connectivity index is 2.46. The third kappa shape index (κ3) is 1.66. The van der Waals surface area contributed by atoms with Gasteiger partial charge in [0.05, 0.1) is 5.56 Å². The van der Waals surface area contributed by atoms with Crippen molar-refractivity contribution in [2.75, 3.05) is 0 Å². The summed E-state index contributed by atoms with van der Waals surface area (Å²) in [5.74, 6) is -1.64. The maximum absolute atomic E-state index is 11.6. The molecule has 4 nitrogen and oxygen atoms in total. The van der Waals surface area contributed by atoms with Gasteiger partial charge in [-0.2, -0.15) is 0 Å². The molecule has 1 N–H and O–H groups in total. The summed E-state index contributed by atoms with van der Waals surface area (Å²) in [5, 5.41) is 8.83. The van der Waals surface area contributed by atoms with Crippen molar-refractivity contribution in [3.63, 3.8) is 0 Å². The number of hydrogen-bond donors (Lipinski definition) is 1. The molecule has 1 heterocycles. The van der Waals surface area contributed by atoms with Crippen molar-refractivity contribution in [1.82, 2.24) is 0 Å². The summed E-state index contributed by atoms with van der Waals surface area (Å²) in [5.41, 5.74) is 3.30. The van der Waals surface area contributed by atoms with Crippen molar-refractivity contribution >= 4 is 11.9 Å². The van der Waals surface area contributed by atoms with E-state index in [2.05, 4.69) is 0 Å². The Morgan fingerprint density at radius 3 is 2.62 bits per heavy atom. The Kier molecular flexibility index (Phi) is 2.42. The van der Waals surface area contributed by atoms with Crippen LogP contribution in [0.25, 0.3) is 0 Å². The lowest BCUT2D eigenvalue weighted by molar-refractivity contribution is -0.147. The van der Waals surface area contributed by atoms with Crippen LogP contribution in [0.4, 0.5) is 0 Å². The average Bonchev–Trinajstić information content (AvgIpc) is 2.20. The fourth-order valence-corrected chi connectivity index (χ4v) is 1.81. The Morgan fingerprint density at radius 2 is 2.00 bits per heavy atom. The van der Waals surface area contributed by atoms with E-state index in [1.54, 1.807) is 6.07 Å². The largest absolute Gasteiger partial charge is 0.478 e. The number of carbonyl (C=O) groups excluding carboxylic acids is 1. The number of benzene rings is 1. The molecular weight excluding hydrogens is 208 g/mol. The van der Waals surface area contributed by atoms with Crippen LogP contribution in [0.1, 0.15) is 27.0 Å². The smallest absolute Gasteiger partial charge is 0.345 e. The highest BCUT2D eigenvalue weighted by Crippen LogP contribution is 2.24. The Hall–Kier alpha value is -1.84. The topological polar surface area (TPSA) is 63.6 Å². The van der Waals surface area contributed by atoms with Gasteiger partial charge < -0.3 is 9.84 Å². The number of aliphatic carboxylic acids is 1. The van der Waals surface area contributed by atoms with Crippen LogP contribution in [0, 0.1) is 13.8 Å². The van der Waals surface area contributed by atoms with Crippen LogP contribution < -0.4 is 0 Å².